The first-order valence-electron chi connectivity index (χ1n) is 9.76. The third kappa shape index (κ3) is 16.3. The zero-order chi connectivity index (χ0) is 16.3. The summed E-state index contributed by atoms with van der Waals surface area (Å²) in [5.74, 6) is 0. The molecule has 3 heteroatoms. The van der Waals surface area contributed by atoms with Gasteiger partial charge in [0.25, 0.3) is 0 Å². The summed E-state index contributed by atoms with van der Waals surface area (Å²) in [5.41, 5.74) is 0. The molecule has 0 aliphatic carbocycles. The molecule has 0 saturated carbocycles. The highest BCUT2D eigenvalue weighted by Crippen LogP contribution is 2.14. The number of hydrogen-bond donors (Lipinski definition) is 2. The second-order valence-corrected chi connectivity index (χ2v) is 6.62. The van der Waals surface area contributed by atoms with Gasteiger partial charge in [-0.1, -0.05) is 96.8 Å². The Morgan fingerprint density at radius 2 is 1.05 bits per heavy atom. The number of unbranched alkanes of at least 4 members (excludes halogenated alkanes) is 13. The molecule has 0 unspecified atom stereocenters. The SMILES string of the molecule is CCCCCCCCCCCCCCCC[C@@H](CCO)OO. The molecule has 134 valence electrons. The lowest BCUT2D eigenvalue weighted by atomic mass is 10.0. The van der Waals surface area contributed by atoms with Crippen LogP contribution in [0.1, 0.15) is 110 Å². The van der Waals surface area contributed by atoms with E-state index in [1.807, 2.05) is 0 Å². The summed E-state index contributed by atoms with van der Waals surface area (Å²) < 4.78 is 0. The van der Waals surface area contributed by atoms with Gasteiger partial charge in [0.05, 0.1) is 6.10 Å². The van der Waals surface area contributed by atoms with Crippen molar-refractivity contribution >= 4 is 0 Å². The van der Waals surface area contributed by atoms with Crippen molar-refractivity contribution in [3.05, 3.63) is 0 Å². The van der Waals surface area contributed by atoms with E-state index in [0.29, 0.717) is 6.42 Å². The second-order valence-electron chi connectivity index (χ2n) is 6.62. The molecule has 0 aliphatic rings. The van der Waals surface area contributed by atoms with Crippen LogP contribution in [0.25, 0.3) is 0 Å². The third-order valence-electron chi connectivity index (χ3n) is 4.48. The molecular weight excluding hydrogens is 276 g/mol. The maximum Gasteiger partial charge on any atom is 0.0949 e. The van der Waals surface area contributed by atoms with Crippen molar-refractivity contribution in [1.29, 1.82) is 0 Å². The van der Waals surface area contributed by atoms with Crippen LogP contribution in [0.5, 0.6) is 0 Å². The van der Waals surface area contributed by atoms with Crippen LogP contribution in [-0.4, -0.2) is 23.1 Å². The van der Waals surface area contributed by atoms with Crippen molar-refractivity contribution in [3.8, 4) is 0 Å². The molecule has 1 atom stereocenters. The van der Waals surface area contributed by atoms with E-state index >= 15 is 0 Å². The fourth-order valence-electron chi connectivity index (χ4n) is 2.96. The quantitative estimate of drug-likeness (QED) is 0.182. The van der Waals surface area contributed by atoms with Gasteiger partial charge in [0.1, 0.15) is 0 Å². The maximum absolute atomic E-state index is 8.79. The van der Waals surface area contributed by atoms with Crippen molar-refractivity contribution < 1.29 is 15.3 Å². The predicted molar refractivity (Wildman–Crippen MR) is 94.1 cm³/mol. The number of hydrogen-bond acceptors (Lipinski definition) is 3. The Hall–Kier alpha value is -0.120. The van der Waals surface area contributed by atoms with Crippen molar-refractivity contribution in [2.24, 2.45) is 0 Å². The molecule has 0 aliphatic heterocycles. The largest absolute Gasteiger partial charge is 0.396 e. The van der Waals surface area contributed by atoms with E-state index in [-0.39, 0.29) is 12.7 Å². The molecule has 0 aromatic carbocycles. The van der Waals surface area contributed by atoms with Gasteiger partial charge in [-0.25, -0.2) is 4.89 Å². The Labute approximate surface area is 138 Å². The summed E-state index contributed by atoms with van der Waals surface area (Å²) in [4.78, 5) is 4.34. The van der Waals surface area contributed by atoms with E-state index in [1.54, 1.807) is 0 Å². The minimum atomic E-state index is -0.178. The van der Waals surface area contributed by atoms with Crippen LogP contribution in [0, 0.1) is 0 Å². The lowest BCUT2D eigenvalue weighted by Gasteiger charge is -2.11. The fraction of sp³-hybridized carbons (Fsp3) is 1.00. The molecular formula is C19H40O3. The first-order valence-corrected chi connectivity index (χ1v) is 9.76. The highest BCUT2D eigenvalue weighted by molar-refractivity contribution is 4.56. The van der Waals surface area contributed by atoms with E-state index in [2.05, 4.69) is 11.8 Å². The molecule has 0 fully saturated rings. The monoisotopic (exact) mass is 316 g/mol. The topological polar surface area (TPSA) is 49.7 Å². The average molecular weight is 317 g/mol. The molecule has 0 saturated heterocycles. The number of aliphatic hydroxyl groups is 1. The zero-order valence-electron chi connectivity index (χ0n) is 14.9. The van der Waals surface area contributed by atoms with Gasteiger partial charge in [0.2, 0.25) is 0 Å². The fourth-order valence-corrected chi connectivity index (χ4v) is 2.96. The first-order chi connectivity index (χ1) is 10.8. The summed E-state index contributed by atoms with van der Waals surface area (Å²) in [5, 5.41) is 17.4. The van der Waals surface area contributed by atoms with E-state index in [4.69, 9.17) is 10.4 Å². The van der Waals surface area contributed by atoms with Crippen LogP contribution in [-0.2, 0) is 4.89 Å². The number of rotatable bonds is 18. The van der Waals surface area contributed by atoms with E-state index in [1.165, 1.54) is 83.5 Å². The van der Waals surface area contributed by atoms with Crippen LogP contribution in [0.3, 0.4) is 0 Å². The smallest absolute Gasteiger partial charge is 0.0949 e. The van der Waals surface area contributed by atoms with Crippen LogP contribution < -0.4 is 0 Å². The standard InChI is InChI=1S/C19H40O3/c1-2-3-4-5-6-7-8-9-10-11-12-13-14-15-16-19(22-21)17-18-20/h19-21H,2-18H2,1H3/t19-/m0/s1. The first kappa shape index (κ1) is 21.9. The lowest BCUT2D eigenvalue weighted by Crippen LogP contribution is -2.12. The Bertz CT molecular complexity index is 197. The third-order valence-corrected chi connectivity index (χ3v) is 4.48. The van der Waals surface area contributed by atoms with Crippen LogP contribution >= 0.6 is 0 Å². The van der Waals surface area contributed by atoms with Gasteiger partial charge < -0.3 is 5.11 Å². The summed E-state index contributed by atoms with van der Waals surface area (Å²) in [6, 6.07) is 0. The van der Waals surface area contributed by atoms with E-state index < -0.39 is 0 Å². The van der Waals surface area contributed by atoms with E-state index in [0.717, 1.165) is 12.8 Å². The van der Waals surface area contributed by atoms with Gasteiger partial charge in [0.15, 0.2) is 0 Å². The van der Waals surface area contributed by atoms with Crippen LogP contribution in [0.4, 0.5) is 0 Å². The van der Waals surface area contributed by atoms with Gasteiger partial charge in [-0.15, -0.1) is 0 Å². The van der Waals surface area contributed by atoms with Gasteiger partial charge >= 0.3 is 0 Å². The molecule has 0 spiro atoms. The molecule has 2 N–H and O–H groups in total. The highest BCUT2D eigenvalue weighted by atomic mass is 17.1. The van der Waals surface area contributed by atoms with Crippen LogP contribution in [0.15, 0.2) is 0 Å². The molecule has 0 aromatic rings. The highest BCUT2D eigenvalue weighted by Gasteiger charge is 2.07. The Kier molecular flexibility index (Phi) is 18.8. The normalized spacial score (nSPS) is 12.7. The van der Waals surface area contributed by atoms with Crippen molar-refractivity contribution in [2.75, 3.05) is 6.61 Å². The van der Waals surface area contributed by atoms with Crippen LogP contribution in [0.2, 0.25) is 0 Å². The number of aliphatic hydroxyl groups excluding tert-OH is 1. The van der Waals surface area contributed by atoms with Crippen molar-refractivity contribution in [1.82, 2.24) is 0 Å². The molecule has 3 nitrogen and oxygen atoms in total. The zero-order valence-corrected chi connectivity index (χ0v) is 14.9. The molecule has 0 radical (unpaired) electrons. The summed E-state index contributed by atoms with van der Waals surface area (Å²) >= 11 is 0. The Morgan fingerprint density at radius 1 is 0.636 bits per heavy atom. The average Bonchev–Trinajstić information content (AvgIpc) is 2.54. The van der Waals surface area contributed by atoms with Gasteiger partial charge in [-0.05, 0) is 12.8 Å². The summed E-state index contributed by atoms with van der Waals surface area (Å²) in [6.45, 7) is 2.36. The van der Waals surface area contributed by atoms with E-state index in [9.17, 15) is 0 Å². The molecule has 0 rings (SSSR count). The summed E-state index contributed by atoms with van der Waals surface area (Å²) in [7, 11) is 0. The lowest BCUT2D eigenvalue weighted by molar-refractivity contribution is -0.282. The molecule has 0 heterocycles. The Balaban J connectivity index is 3.08. The molecule has 0 aromatic heterocycles. The minimum absolute atomic E-state index is 0.0871. The molecule has 0 bridgehead atoms. The predicted octanol–water partition coefficient (Wildman–Crippen LogP) is 6.10. The van der Waals surface area contributed by atoms with Crippen molar-refractivity contribution in [3.63, 3.8) is 0 Å². The van der Waals surface area contributed by atoms with Gasteiger partial charge in [-0.3, -0.25) is 5.26 Å². The minimum Gasteiger partial charge on any atom is -0.396 e. The van der Waals surface area contributed by atoms with Crippen molar-refractivity contribution in [2.45, 2.75) is 116 Å². The molecule has 22 heavy (non-hydrogen) atoms. The summed E-state index contributed by atoms with van der Waals surface area (Å²) in [6.07, 6.45) is 20.2. The second kappa shape index (κ2) is 18.9. The molecule has 0 amide bonds. The Morgan fingerprint density at radius 3 is 1.41 bits per heavy atom. The van der Waals surface area contributed by atoms with Gasteiger partial charge in [-0.2, -0.15) is 0 Å². The van der Waals surface area contributed by atoms with Gasteiger partial charge in [0, 0.05) is 6.61 Å². The maximum atomic E-state index is 8.79.